The second-order valence-electron chi connectivity index (χ2n) is 8.69. The highest BCUT2D eigenvalue weighted by Gasteiger charge is 2.21. The van der Waals surface area contributed by atoms with Crippen molar-refractivity contribution in [3.63, 3.8) is 0 Å². The van der Waals surface area contributed by atoms with Gasteiger partial charge >= 0.3 is 0 Å². The Morgan fingerprint density at radius 1 is 1.00 bits per heavy atom. The molecule has 0 N–H and O–H groups in total. The third kappa shape index (κ3) is 6.93. The predicted molar refractivity (Wildman–Crippen MR) is 114 cm³/mol. The van der Waals surface area contributed by atoms with Gasteiger partial charge in [-0.25, -0.2) is 0 Å². The van der Waals surface area contributed by atoms with Gasteiger partial charge in [-0.15, -0.1) is 0 Å². The van der Waals surface area contributed by atoms with Crippen LogP contribution in [-0.4, -0.2) is 19.8 Å². The normalized spacial score (nSPS) is 28.5. The van der Waals surface area contributed by atoms with Crippen LogP contribution in [-0.2, 0) is 9.47 Å². The summed E-state index contributed by atoms with van der Waals surface area (Å²) < 4.78 is 17.4. The summed E-state index contributed by atoms with van der Waals surface area (Å²) in [5.74, 6) is 3.10. The molecule has 0 aromatic heterocycles. The first-order valence-corrected chi connectivity index (χ1v) is 11.4. The van der Waals surface area contributed by atoms with Gasteiger partial charge in [0.1, 0.15) is 12.4 Å². The summed E-state index contributed by atoms with van der Waals surface area (Å²) in [6.45, 7) is 6.59. The number of hydrogen-bond acceptors (Lipinski definition) is 3. The molecule has 1 saturated heterocycles. The molecule has 1 aliphatic carbocycles. The van der Waals surface area contributed by atoms with E-state index in [4.69, 9.17) is 14.2 Å². The summed E-state index contributed by atoms with van der Waals surface area (Å²) >= 11 is 0. The molecule has 0 unspecified atom stereocenters. The fourth-order valence-corrected chi connectivity index (χ4v) is 4.26. The van der Waals surface area contributed by atoms with E-state index in [0.717, 1.165) is 36.4 Å². The molecule has 1 aromatic rings. The van der Waals surface area contributed by atoms with Gasteiger partial charge in [-0.3, -0.25) is 0 Å². The smallest absolute Gasteiger partial charge is 0.183 e. The van der Waals surface area contributed by atoms with Crippen molar-refractivity contribution in [3.05, 3.63) is 42.0 Å². The molecule has 0 radical (unpaired) electrons. The van der Waals surface area contributed by atoms with Gasteiger partial charge in [-0.2, -0.15) is 0 Å². The number of allylic oxidation sites excluding steroid dienone is 1. The molecule has 1 aromatic carbocycles. The lowest BCUT2D eigenvalue weighted by atomic mass is 9.79. The van der Waals surface area contributed by atoms with Crippen LogP contribution in [0.3, 0.4) is 0 Å². The van der Waals surface area contributed by atoms with Crippen molar-refractivity contribution in [3.8, 4) is 5.75 Å². The van der Waals surface area contributed by atoms with Crippen molar-refractivity contribution in [2.24, 2.45) is 17.8 Å². The SMILES string of the molecule is CCCCC[C@H]1CC[C@H](C=CCOc2ccc([C@H]3OC[C@H](C)CO3)cc2)CC1. The second kappa shape index (κ2) is 11.6. The summed E-state index contributed by atoms with van der Waals surface area (Å²) in [6.07, 6.45) is 15.5. The fourth-order valence-electron chi connectivity index (χ4n) is 4.26. The summed E-state index contributed by atoms with van der Waals surface area (Å²) in [7, 11) is 0. The number of rotatable bonds is 9. The molecule has 156 valence electrons. The van der Waals surface area contributed by atoms with Crippen molar-refractivity contribution in [2.75, 3.05) is 19.8 Å². The van der Waals surface area contributed by atoms with Gasteiger partial charge in [-0.05, 0) is 49.7 Å². The maximum absolute atomic E-state index is 5.87. The highest BCUT2D eigenvalue weighted by atomic mass is 16.7. The van der Waals surface area contributed by atoms with Crippen LogP contribution >= 0.6 is 0 Å². The minimum Gasteiger partial charge on any atom is -0.490 e. The van der Waals surface area contributed by atoms with E-state index in [1.54, 1.807) is 0 Å². The lowest BCUT2D eigenvalue weighted by Crippen LogP contribution is -2.24. The van der Waals surface area contributed by atoms with Crippen LogP contribution < -0.4 is 4.74 Å². The molecule has 0 amide bonds. The molecule has 1 saturated carbocycles. The molecule has 1 aliphatic heterocycles. The van der Waals surface area contributed by atoms with E-state index < -0.39 is 0 Å². The van der Waals surface area contributed by atoms with Crippen molar-refractivity contribution in [1.82, 2.24) is 0 Å². The topological polar surface area (TPSA) is 27.7 Å². The molecule has 3 rings (SSSR count). The Balaban J connectivity index is 1.33. The number of benzene rings is 1. The molecule has 28 heavy (non-hydrogen) atoms. The lowest BCUT2D eigenvalue weighted by molar-refractivity contribution is -0.202. The maximum Gasteiger partial charge on any atom is 0.183 e. The Bertz CT molecular complexity index is 564. The quantitative estimate of drug-likeness (QED) is 0.349. The van der Waals surface area contributed by atoms with E-state index in [-0.39, 0.29) is 6.29 Å². The predicted octanol–water partition coefficient (Wildman–Crippen LogP) is 6.69. The zero-order valence-corrected chi connectivity index (χ0v) is 17.8. The highest BCUT2D eigenvalue weighted by molar-refractivity contribution is 5.28. The van der Waals surface area contributed by atoms with Gasteiger partial charge in [-0.1, -0.05) is 63.8 Å². The largest absolute Gasteiger partial charge is 0.490 e. The molecule has 0 atom stereocenters. The van der Waals surface area contributed by atoms with Crippen molar-refractivity contribution in [2.45, 2.75) is 71.5 Å². The van der Waals surface area contributed by atoms with E-state index >= 15 is 0 Å². The van der Waals surface area contributed by atoms with E-state index in [1.165, 1.54) is 51.4 Å². The van der Waals surface area contributed by atoms with Gasteiger partial charge in [0.25, 0.3) is 0 Å². The first-order valence-electron chi connectivity index (χ1n) is 11.4. The van der Waals surface area contributed by atoms with Crippen molar-refractivity contribution in [1.29, 1.82) is 0 Å². The summed E-state index contributed by atoms with van der Waals surface area (Å²) in [5, 5.41) is 0. The van der Waals surface area contributed by atoms with Gasteiger partial charge < -0.3 is 14.2 Å². The molecule has 2 aliphatic rings. The minimum absolute atomic E-state index is 0.234. The number of unbranched alkanes of at least 4 members (excludes halogenated alkanes) is 2. The molecule has 1 heterocycles. The highest BCUT2D eigenvalue weighted by Crippen LogP contribution is 2.32. The van der Waals surface area contributed by atoms with Crippen LogP contribution in [0.15, 0.2) is 36.4 Å². The Morgan fingerprint density at radius 3 is 2.39 bits per heavy atom. The molecule has 2 fully saturated rings. The molecular weight excluding hydrogens is 348 g/mol. The van der Waals surface area contributed by atoms with Gasteiger partial charge in [0.05, 0.1) is 13.2 Å². The zero-order valence-electron chi connectivity index (χ0n) is 17.8. The maximum atomic E-state index is 5.87. The average molecular weight is 387 g/mol. The van der Waals surface area contributed by atoms with Crippen LogP contribution in [0.25, 0.3) is 0 Å². The van der Waals surface area contributed by atoms with Gasteiger partial charge in [0.15, 0.2) is 6.29 Å². The second-order valence-corrected chi connectivity index (χ2v) is 8.69. The lowest BCUT2D eigenvalue weighted by Gasteiger charge is -2.27. The summed E-state index contributed by atoms with van der Waals surface area (Å²) in [4.78, 5) is 0. The Hall–Kier alpha value is -1.32. The molecule has 3 nitrogen and oxygen atoms in total. The Kier molecular flexibility index (Phi) is 8.88. The third-order valence-electron chi connectivity index (χ3n) is 6.08. The minimum atomic E-state index is -0.234. The first kappa shape index (κ1) is 21.4. The van der Waals surface area contributed by atoms with Crippen LogP contribution in [0, 0.1) is 17.8 Å². The first-order chi connectivity index (χ1) is 13.7. The Labute approximate surface area is 171 Å². The molecule has 0 bridgehead atoms. The number of ether oxygens (including phenoxy) is 3. The van der Waals surface area contributed by atoms with E-state index in [1.807, 2.05) is 24.3 Å². The van der Waals surface area contributed by atoms with Gasteiger partial charge in [0, 0.05) is 11.5 Å². The van der Waals surface area contributed by atoms with Crippen molar-refractivity contribution >= 4 is 0 Å². The standard InChI is InChI=1S/C25H38O3/c1-3-4-5-7-21-9-11-22(12-10-21)8-6-17-26-24-15-13-23(14-16-24)25-27-18-20(2)19-28-25/h6,8,13-16,20-22,25H,3-5,7,9-12,17-19H2,1-2H3/t20-,21-,22-,25-. The molecular formula is C25H38O3. The van der Waals surface area contributed by atoms with Crippen LogP contribution in [0.4, 0.5) is 0 Å². The zero-order chi connectivity index (χ0) is 19.6. The third-order valence-corrected chi connectivity index (χ3v) is 6.08. The van der Waals surface area contributed by atoms with Crippen molar-refractivity contribution < 1.29 is 14.2 Å². The van der Waals surface area contributed by atoms with E-state index in [9.17, 15) is 0 Å². The number of hydrogen-bond donors (Lipinski definition) is 0. The van der Waals surface area contributed by atoms with Crippen LogP contribution in [0.5, 0.6) is 5.75 Å². The van der Waals surface area contributed by atoms with E-state index in [0.29, 0.717) is 12.5 Å². The Morgan fingerprint density at radius 2 is 1.71 bits per heavy atom. The summed E-state index contributed by atoms with van der Waals surface area (Å²) in [5.41, 5.74) is 1.06. The molecule has 3 heteroatoms. The average Bonchev–Trinajstić information content (AvgIpc) is 2.73. The summed E-state index contributed by atoms with van der Waals surface area (Å²) in [6, 6.07) is 8.10. The van der Waals surface area contributed by atoms with E-state index in [2.05, 4.69) is 26.0 Å². The van der Waals surface area contributed by atoms with Gasteiger partial charge in [0.2, 0.25) is 0 Å². The van der Waals surface area contributed by atoms with Crippen LogP contribution in [0.1, 0.15) is 77.1 Å². The van der Waals surface area contributed by atoms with Crippen LogP contribution in [0.2, 0.25) is 0 Å². The molecule has 0 spiro atoms. The monoisotopic (exact) mass is 386 g/mol. The fraction of sp³-hybridized carbons (Fsp3) is 0.680.